The topological polar surface area (TPSA) is 59.8 Å². The molecule has 0 aliphatic rings. The number of rotatable bonds is 3. The molecule has 0 fully saturated rings. The second-order valence-electron chi connectivity index (χ2n) is 4.67. The number of benzene rings is 2. The van der Waals surface area contributed by atoms with Crippen LogP contribution >= 0.6 is 0 Å². The lowest BCUT2D eigenvalue weighted by Crippen LogP contribution is -2.13. The van der Waals surface area contributed by atoms with E-state index in [1.54, 1.807) is 0 Å². The van der Waals surface area contributed by atoms with Gasteiger partial charge in [-0.25, -0.2) is 0 Å². The van der Waals surface area contributed by atoms with Gasteiger partial charge in [0.1, 0.15) is 0 Å². The number of para-hydroxylation sites is 1. The zero-order valence-electron chi connectivity index (χ0n) is 11.5. The summed E-state index contributed by atoms with van der Waals surface area (Å²) >= 11 is 0. The molecule has 1 aromatic heterocycles. The summed E-state index contributed by atoms with van der Waals surface area (Å²) in [4.78, 5) is 13.6. The van der Waals surface area contributed by atoms with Crippen LogP contribution in [0.3, 0.4) is 0 Å². The van der Waals surface area contributed by atoms with Gasteiger partial charge in [-0.2, -0.15) is 9.90 Å². The van der Waals surface area contributed by atoms with Crippen LogP contribution in [0.25, 0.3) is 5.69 Å². The zero-order valence-corrected chi connectivity index (χ0v) is 11.5. The molecule has 0 atom stereocenters. The zero-order chi connectivity index (χ0) is 14.7. The van der Waals surface area contributed by atoms with Crippen LogP contribution in [-0.4, -0.2) is 20.9 Å². The molecule has 5 heteroatoms. The fourth-order valence-corrected chi connectivity index (χ4v) is 1.88. The monoisotopic (exact) mass is 278 g/mol. The van der Waals surface area contributed by atoms with Crippen molar-refractivity contribution >= 4 is 11.6 Å². The number of nitrogens with one attached hydrogen (secondary N) is 1. The molecule has 3 aromatic rings. The fraction of sp³-hybridized carbons (Fsp3) is 0.0625. The third-order valence-electron chi connectivity index (χ3n) is 3.02. The van der Waals surface area contributed by atoms with Crippen molar-refractivity contribution in [3.63, 3.8) is 0 Å². The molecule has 1 heterocycles. The number of anilines is 1. The Kier molecular flexibility index (Phi) is 3.47. The maximum Gasteiger partial charge on any atom is 0.277 e. The van der Waals surface area contributed by atoms with Gasteiger partial charge in [0, 0.05) is 5.69 Å². The summed E-state index contributed by atoms with van der Waals surface area (Å²) in [6.45, 7) is 2.00. The number of carbonyl (C=O) groups excluding carboxylic acids is 1. The number of hydrogen-bond acceptors (Lipinski definition) is 3. The maximum absolute atomic E-state index is 12.1. The normalized spacial score (nSPS) is 10.3. The molecule has 3 rings (SSSR count). The molecule has 104 valence electrons. The molecule has 1 amide bonds. The molecule has 0 saturated heterocycles. The molecule has 5 nitrogen and oxygen atoms in total. The van der Waals surface area contributed by atoms with Crippen molar-refractivity contribution < 1.29 is 4.79 Å². The first kappa shape index (κ1) is 13.1. The molecular weight excluding hydrogens is 264 g/mol. The van der Waals surface area contributed by atoms with Crippen LogP contribution in [0.1, 0.15) is 16.1 Å². The Labute approximate surface area is 122 Å². The SMILES string of the molecule is Cc1ccc(NC(=O)c2cnn(-c3ccccc3)n2)cc1. The molecule has 0 bridgehead atoms. The quantitative estimate of drug-likeness (QED) is 0.801. The lowest BCUT2D eigenvalue weighted by atomic mass is 10.2. The van der Waals surface area contributed by atoms with E-state index < -0.39 is 0 Å². The first-order valence-electron chi connectivity index (χ1n) is 6.58. The summed E-state index contributed by atoms with van der Waals surface area (Å²) in [6.07, 6.45) is 1.45. The summed E-state index contributed by atoms with van der Waals surface area (Å²) in [5.41, 5.74) is 2.97. The first-order valence-corrected chi connectivity index (χ1v) is 6.58. The van der Waals surface area contributed by atoms with Crippen molar-refractivity contribution in [1.82, 2.24) is 15.0 Å². The van der Waals surface area contributed by atoms with Crippen LogP contribution in [0, 0.1) is 6.92 Å². The predicted molar refractivity (Wildman–Crippen MR) is 80.5 cm³/mol. The lowest BCUT2D eigenvalue weighted by molar-refractivity contribution is 0.102. The van der Waals surface area contributed by atoms with Gasteiger partial charge in [-0.05, 0) is 31.2 Å². The Morgan fingerprint density at radius 2 is 1.76 bits per heavy atom. The van der Waals surface area contributed by atoms with Crippen molar-refractivity contribution in [3.8, 4) is 5.69 Å². The largest absolute Gasteiger partial charge is 0.321 e. The summed E-state index contributed by atoms with van der Waals surface area (Å²) < 4.78 is 0. The number of aromatic nitrogens is 3. The fourth-order valence-electron chi connectivity index (χ4n) is 1.88. The van der Waals surface area contributed by atoms with E-state index in [-0.39, 0.29) is 11.6 Å². The van der Waals surface area contributed by atoms with Crippen LogP contribution < -0.4 is 5.32 Å². The molecule has 0 aliphatic heterocycles. The Bertz CT molecular complexity index is 747. The van der Waals surface area contributed by atoms with E-state index in [0.717, 1.165) is 16.9 Å². The van der Waals surface area contributed by atoms with E-state index in [0.29, 0.717) is 0 Å². The second-order valence-corrected chi connectivity index (χ2v) is 4.67. The smallest absolute Gasteiger partial charge is 0.277 e. The summed E-state index contributed by atoms with van der Waals surface area (Å²) in [7, 11) is 0. The molecule has 0 aliphatic carbocycles. The van der Waals surface area contributed by atoms with Gasteiger partial charge in [0.05, 0.1) is 11.9 Å². The number of aryl methyl sites for hydroxylation is 1. The van der Waals surface area contributed by atoms with Crippen molar-refractivity contribution in [3.05, 3.63) is 72.1 Å². The Morgan fingerprint density at radius 3 is 2.48 bits per heavy atom. The highest BCUT2D eigenvalue weighted by atomic mass is 16.2. The maximum atomic E-state index is 12.1. The Hall–Kier alpha value is -2.95. The third-order valence-corrected chi connectivity index (χ3v) is 3.02. The van der Waals surface area contributed by atoms with Crippen molar-refractivity contribution in [2.45, 2.75) is 6.92 Å². The van der Waals surface area contributed by atoms with E-state index in [1.807, 2.05) is 61.5 Å². The highest BCUT2D eigenvalue weighted by molar-refractivity contribution is 6.02. The number of carbonyl (C=O) groups is 1. The molecule has 21 heavy (non-hydrogen) atoms. The number of hydrogen-bond donors (Lipinski definition) is 1. The Balaban J connectivity index is 1.77. The third kappa shape index (κ3) is 2.97. The van der Waals surface area contributed by atoms with Crippen molar-refractivity contribution in [2.75, 3.05) is 5.32 Å². The number of amides is 1. The summed E-state index contributed by atoms with van der Waals surface area (Å²) in [6, 6.07) is 17.0. The van der Waals surface area contributed by atoms with Gasteiger partial charge in [0.2, 0.25) is 0 Å². The van der Waals surface area contributed by atoms with Crippen LogP contribution in [0.4, 0.5) is 5.69 Å². The minimum Gasteiger partial charge on any atom is -0.321 e. The van der Waals surface area contributed by atoms with Crippen LogP contribution in [0.5, 0.6) is 0 Å². The lowest BCUT2D eigenvalue weighted by Gasteiger charge is -2.03. The highest BCUT2D eigenvalue weighted by Crippen LogP contribution is 2.10. The number of nitrogens with zero attached hydrogens (tertiary/aromatic N) is 3. The molecule has 0 spiro atoms. The Morgan fingerprint density at radius 1 is 1.05 bits per heavy atom. The van der Waals surface area contributed by atoms with E-state index in [9.17, 15) is 4.79 Å². The predicted octanol–water partition coefficient (Wildman–Crippen LogP) is 2.83. The van der Waals surface area contributed by atoms with E-state index in [2.05, 4.69) is 15.5 Å². The molecule has 0 radical (unpaired) electrons. The van der Waals surface area contributed by atoms with Crippen LogP contribution in [0.2, 0.25) is 0 Å². The minimum absolute atomic E-state index is 0.277. The van der Waals surface area contributed by atoms with Gasteiger partial charge in [0.25, 0.3) is 5.91 Å². The molecule has 0 saturated carbocycles. The van der Waals surface area contributed by atoms with E-state index in [4.69, 9.17) is 0 Å². The second kappa shape index (κ2) is 5.58. The standard InChI is InChI=1S/C16H14N4O/c1-12-7-9-13(10-8-12)18-16(21)15-11-17-20(19-15)14-5-3-2-4-6-14/h2-11H,1H3,(H,18,21). The highest BCUT2D eigenvalue weighted by Gasteiger charge is 2.11. The minimum atomic E-state index is -0.277. The van der Waals surface area contributed by atoms with E-state index >= 15 is 0 Å². The molecule has 0 unspecified atom stereocenters. The van der Waals surface area contributed by atoms with Gasteiger partial charge in [-0.15, -0.1) is 5.10 Å². The average molecular weight is 278 g/mol. The first-order chi connectivity index (χ1) is 10.2. The average Bonchev–Trinajstić information content (AvgIpc) is 3.00. The van der Waals surface area contributed by atoms with E-state index in [1.165, 1.54) is 11.0 Å². The van der Waals surface area contributed by atoms with Gasteiger partial charge in [-0.1, -0.05) is 35.9 Å². The van der Waals surface area contributed by atoms with Gasteiger partial charge in [0.15, 0.2) is 5.69 Å². The van der Waals surface area contributed by atoms with Crippen LogP contribution in [-0.2, 0) is 0 Å². The van der Waals surface area contributed by atoms with Gasteiger partial charge < -0.3 is 5.32 Å². The summed E-state index contributed by atoms with van der Waals surface area (Å²) in [5.74, 6) is -0.277. The van der Waals surface area contributed by atoms with Gasteiger partial charge in [-0.3, -0.25) is 4.79 Å². The molecule has 1 N–H and O–H groups in total. The van der Waals surface area contributed by atoms with Crippen molar-refractivity contribution in [2.24, 2.45) is 0 Å². The van der Waals surface area contributed by atoms with Crippen LogP contribution in [0.15, 0.2) is 60.8 Å². The molecular formula is C16H14N4O. The summed E-state index contributed by atoms with van der Waals surface area (Å²) in [5, 5.41) is 11.1. The van der Waals surface area contributed by atoms with Gasteiger partial charge >= 0.3 is 0 Å². The molecule has 2 aromatic carbocycles. The van der Waals surface area contributed by atoms with Crippen molar-refractivity contribution in [1.29, 1.82) is 0 Å².